The molecule has 0 radical (unpaired) electrons. The first kappa shape index (κ1) is 17.3. The highest BCUT2D eigenvalue weighted by Crippen LogP contribution is 2.33. The molecule has 0 unspecified atom stereocenters. The molecule has 144 valence electrons. The molecule has 6 nitrogen and oxygen atoms in total. The maximum atomic E-state index is 12.6. The van der Waals surface area contributed by atoms with Gasteiger partial charge in [-0.3, -0.25) is 4.79 Å². The zero-order valence-corrected chi connectivity index (χ0v) is 16.0. The van der Waals surface area contributed by atoms with Crippen molar-refractivity contribution >= 4 is 22.7 Å². The number of ether oxygens (including phenoxy) is 2. The van der Waals surface area contributed by atoms with Gasteiger partial charge in [0.25, 0.3) is 5.91 Å². The van der Waals surface area contributed by atoms with Gasteiger partial charge in [0.1, 0.15) is 5.52 Å². The van der Waals surface area contributed by atoms with Crippen LogP contribution >= 0.6 is 0 Å². The number of oxazole rings is 1. The van der Waals surface area contributed by atoms with Crippen molar-refractivity contribution in [1.82, 2.24) is 4.98 Å². The number of benzene rings is 3. The Bertz CT molecular complexity index is 1260. The molecule has 0 fully saturated rings. The number of amides is 1. The first-order valence-electron chi connectivity index (χ1n) is 9.26. The Morgan fingerprint density at radius 2 is 1.79 bits per heavy atom. The van der Waals surface area contributed by atoms with Crippen LogP contribution in [0.25, 0.3) is 22.6 Å². The number of anilines is 1. The summed E-state index contributed by atoms with van der Waals surface area (Å²) in [5.74, 6) is 1.54. The molecule has 0 saturated carbocycles. The number of aromatic nitrogens is 1. The molecule has 3 aromatic carbocycles. The molecule has 4 aromatic rings. The maximum Gasteiger partial charge on any atom is 0.255 e. The van der Waals surface area contributed by atoms with E-state index in [0.717, 1.165) is 5.56 Å². The van der Waals surface area contributed by atoms with Gasteiger partial charge >= 0.3 is 0 Å². The topological polar surface area (TPSA) is 73.6 Å². The van der Waals surface area contributed by atoms with Crippen LogP contribution in [0, 0.1) is 13.8 Å². The second kappa shape index (κ2) is 6.67. The van der Waals surface area contributed by atoms with Crippen molar-refractivity contribution in [2.24, 2.45) is 0 Å². The van der Waals surface area contributed by atoms with E-state index in [0.29, 0.717) is 39.7 Å². The Balaban J connectivity index is 1.41. The van der Waals surface area contributed by atoms with Crippen molar-refractivity contribution in [2.75, 3.05) is 12.1 Å². The number of aryl methyl sites for hydroxylation is 2. The Morgan fingerprint density at radius 1 is 0.931 bits per heavy atom. The molecular weight excluding hydrogens is 368 g/mol. The molecule has 1 aromatic heterocycles. The average molecular weight is 386 g/mol. The summed E-state index contributed by atoms with van der Waals surface area (Å²) in [6.07, 6.45) is 0. The summed E-state index contributed by atoms with van der Waals surface area (Å²) in [6.45, 7) is 4.30. The highest BCUT2D eigenvalue weighted by molar-refractivity contribution is 6.05. The highest BCUT2D eigenvalue weighted by Gasteiger charge is 2.17. The quantitative estimate of drug-likeness (QED) is 0.531. The van der Waals surface area contributed by atoms with Crippen LogP contribution in [0.3, 0.4) is 0 Å². The lowest BCUT2D eigenvalue weighted by Gasteiger charge is -2.05. The third-order valence-electron chi connectivity index (χ3n) is 5.03. The van der Waals surface area contributed by atoms with Crippen LogP contribution < -0.4 is 14.8 Å². The van der Waals surface area contributed by atoms with E-state index in [4.69, 9.17) is 13.9 Å². The van der Waals surface area contributed by atoms with E-state index < -0.39 is 0 Å². The van der Waals surface area contributed by atoms with E-state index in [2.05, 4.69) is 36.3 Å². The summed E-state index contributed by atoms with van der Waals surface area (Å²) in [4.78, 5) is 17.2. The van der Waals surface area contributed by atoms with E-state index >= 15 is 0 Å². The van der Waals surface area contributed by atoms with E-state index in [1.54, 1.807) is 30.3 Å². The first-order valence-corrected chi connectivity index (χ1v) is 9.26. The molecule has 1 aliphatic rings. The van der Waals surface area contributed by atoms with Gasteiger partial charge in [-0.2, -0.15) is 0 Å². The monoisotopic (exact) mass is 386 g/mol. The Kier molecular flexibility index (Phi) is 3.98. The lowest BCUT2D eigenvalue weighted by Crippen LogP contribution is -2.11. The molecule has 1 N–H and O–H groups in total. The molecule has 2 heterocycles. The minimum Gasteiger partial charge on any atom is -0.454 e. The minimum atomic E-state index is -0.236. The number of nitrogens with zero attached hydrogens (tertiary/aromatic N) is 1. The number of nitrogens with one attached hydrogen (secondary N) is 1. The number of hydrogen-bond donors (Lipinski definition) is 1. The van der Waals surface area contributed by atoms with Gasteiger partial charge in [0, 0.05) is 16.8 Å². The molecule has 1 amide bonds. The number of carbonyl (C=O) groups excluding carboxylic acids is 1. The molecule has 1 aliphatic heterocycles. The summed E-state index contributed by atoms with van der Waals surface area (Å²) in [5.41, 5.74) is 5.81. The fourth-order valence-corrected chi connectivity index (χ4v) is 3.24. The molecule has 0 bridgehead atoms. The Hall–Kier alpha value is -3.80. The van der Waals surface area contributed by atoms with Gasteiger partial charge < -0.3 is 19.2 Å². The van der Waals surface area contributed by atoms with E-state index in [1.807, 2.05) is 12.1 Å². The van der Waals surface area contributed by atoms with Crippen LogP contribution in [0.1, 0.15) is 21.5 Å². The predicted octanol–water partition coefficient (Wildman–Crippen LogP) is 5.09. The van der Waals surface area contributed by atoms with Crippen LogP contribution in [-0.4, -0.2) is 17.7 Å². The summed E-state index contributed by atoms with van der Waals surface area (Å²) in [7, 11) is 0. The molecule has 6 heteroatoms. The molecule has 29 heavy (non-hydrogen) atoms. The van der Waals surface area contributed by atoms with Gasteiger partial charge in [0.05, 0.1) is 0 Å². The normalized spacial score (nSPS) is 12.3. The first-order chi connectivity index (χ1) is 14.1. The Labute approximate surface area is 167 Å². The lowest BCUT2D eigenvalue weighted by atomic mass is 10.1. The van der Waals surface area contributed by atoms with Gasteiger partial charge in [-0.1, -0.05) is 6.07 Å². The zero-order chi connectivity index (χ0) is 20.0. The summed E-state index contributed by atoms with van der Waals surface area (Å²) >= 11 is 0. The van der Waals surface area contributed by atoms with E-state index in [9.17, 15) is 4.79 Å². The van der Waals surface area contributed by atoms with Gasteiger partial charge in [0.15, 0.2) is 17.1 Å². The molecule has 5 rings (SSSR count). The third-order valence-corrected chi connectivity index (χ3v) is 5.03. The third kappa shape index (κ3) is 3.18. The van der Waals surface area contributed by atoms with Gasteiger partial charge in [0.2, 0.25) is 12.7 Å². The van der Waals surface area contributed by atoms with Crippen LogP contribution in [0.4, 0.5) is 5.69 Å². The largest absolute Gasteiger partial charge is 0.454 e. The van der Waals surface area contributed by atoms with Gasteiger partial charge in [-0.25, -0.2) is 4.98 Å². The van der Waals surface area contributed by atoms with Gasteiger partial charge in [-0.05, 0) is 73.5 Å². The van der Waals surface area contributed by atoms with Crippen molar-refractivity contribution in [2.45, 2.75) is 13.8 Å². The van der Waals surface area contributed by atoms with Gasteiger partial charge in [-0.15, -0.1) is 0 Å². The number of hydrogen-bond acceptors (Lipinski definition) is 5. The number of fused-ring (bicyclic) bond motifs is 2. The maximum absolute atomic E-state index is 12.6. The predicted molar refractivity (Wildman–Crippen MR) is 109 cm³/mol. The average Bonchev–Trinajstić information content (AvgIpc) is 3.35. The number of carbonyl (C=O) groups is 1. The summed E-state index contributed by atoms with van der Waals surface area (Å²) in [5, 5.41) is 2.89. The highest BCUT2D eigenvalue weighted by atomic mass is 16.7. The second-order valence-corrected chi connectivity index (χ2v) is 7.02. The molecule has 0 atom stereocenters. The molecule has 0 spiro atoms. The lowest BCUT2D eigenvalue weighted by molar-refractivity contribution is 0.102. The second-order valence-electron chi connectivity index (χ2n) is 7.02. The van der Waals surface area contributed by atoms with Crippen LogP contribution in [0.5, 0.6) is 11.5 Å². The van der Waals surface area contributed by atoms with Crippen molar-refractivity contribution in [1.29, 1.82) is 0 Å². The standard InChI is InChI=1S/C23H18N2O4/c1-13-3-4-16(9-14(13)2)23-25-18-11-17(6-8-19(18)29-23)24-22(26)15-5-7-20-21(10-15)28-12-27-20/h3-11H,12H2,1-2H3,(H,24,26). The molecule has 0 aliphatic carbocycles. The minimum absolute atomic E-state index is 0.173. The van der Waals surface area contributed by atoms with E-state index in [1.165, 1.54) is 11.1 Å². The van der Waals surface area contributed by atoms with Crippen molar-refractivity contribution in [3.05, 3.63) is 71.3 Å². The van der Waals surface area contributed by atoms with Crippen molar-refractivity contribution in [3.63, 3.8) is 0 Å². The van der Waals surface area contributed by atoms with Crippen molar-refractivity contribution < 1.29 is 18.7 Å². The van der Waals surface area contributed by atoms with Crippen LogP contribution in [0.2, 0.25) is 0 Å². The van der Waals surface area contributed by atoms with Crippen LogP contribution in [0.15, 0.2) is 59.0 Å². The zero-order valence-electron chi connectivity index (χ0n) is 16.0. The number of rotatable bonds is 3. The van der Waals surface area contributed by atoms with E-state index in [-0.39, 0.29) is 12.7 Å². The Morgan fingerprint density at radius 3 is 2.66 bits per heavy atom. The fourth-order valence-electron chi connectivity index (χ4n) is 3.24. The molecule has 0 saturated heterocycles. The summed E-state index contributed by atoms with van der Waals surface area (Å²) in [6, 6.07) is 16.6. The summed E-state index contributed by atoms with van der Waals surface area (Å²) < 4.78 is 16.5. The molecular formula is C23H18N2O4. The van der Waals surface area contributed by atoms with Crippen molar-refractivity contribution in [3.8, 4) is 23.0 Å². The van der Waals surface area contributed by atoms with Crippen LogP contribution in [-0.2, 0) is 0 Å². The SMILES string of the molecule is Cc1ccc(-c2nc3cc(NC(=O)c4ccc5c(c4)OCO5)ccc3o2)cc1C. The fraction of sp³-hybridized carbons (Fsp3) is 0.130. The smallest absolute Gasteiger partial charge is 0.255 e.